The second kappa shape index (κ2) is 6.56. The van der Waals surface area contributed by atoms with Crippen LogP contribution in [0, 0.1) is 11.7 Å². The quantitative estimate of drug-likeness (QED) is 0.894. The van der Waals surface area contributed by atoms with Crippen molar-refractivity contribution in [1.29, 1.82) is 0 Å². The van der Waals surface area contributed by atoms with Gasteiger partial charge in [0.15, 0.2) is 0 Å². The van der Waals surface area contributed by atoms with Gasteiger partial charge < -0.3 is 15.3 Å². The number of carbonyl (C=O) groups excluding carboxylic acids is 1. The standard InChI is InChI=1S/C15H19FN2O3/c1-18(9-10-4-2-5-11(16)8-10)15(21)17-13-7-3-6-12(13)14(19)20/h2,4-5,8,12-13H,3,6-7,9H2,1H3,(H,17,21)(H,19,20). The first-order valence-corrected chi connectivity index (χ1v) is 6.96. The number of benzene rings is 1. The third-order valence-corrected chi connectivity index (χ3v) is 3.80. The zero-order valence-electron chi connectivity index (χ0n) is 11.9. The lowest BCUT2D eigenvalue weighted by Crippen LogP contribution is -2.45. The van der Waals surface area contributed by atoms with E-state index in [1.165, 1.54) is 17.0 Å². The number of carboxylic acid groups (broad SMARTS) is 1. The Morgan fingerprint density at radius 1 is 1.43 bits per heavy atom. The third kappa shape index (κ3) is 3.93. The molecule has 1 fully saturated rings. The lowest BCUT2D eigenvalue weighted by atomic mass is 10.0. The van der Waals surface area contributed by atoms with Gasteiger partial charge in [-0.05, 0) is 30.5 Å². The zero-order chi connectivity index (χ0) is 15.4. The normalized spacial score (nSPS) is 21.0. The molecule has 1 aromatic carbocycles. The predicted molar refractivity (Wildman–Crippen MR) is 75.2 cm³/mol. The first-order valence-electron chi connectivity index (χ1n) is 6.96. The van der Waals surface area contributed by atoms with Gasteiger partial charge in [0, 0.05) is 19.6 Å². The van der Waals surface area contributed by atoms with Crippen molar-refractivity contribution in [2.24, 2.45) is 5.92 Å². The molecule has 2 amide bonds. The van der Waals surface area contributed by atoms with Crippen molar-refractivity contribution in [3.8, 4) is 0 Å². The van der Waals surface area contributed by atoms with E-state index in [4.69, 9.17) is 5.11 Å². The summed E-state index contributed by atoms with van der Waals surface area (Å²) >= 11 is 0. The minimum absolute atomic E-state index is 0.272. The van der Waals surface area contributed by atoms with Crippen molar-refractivity contribution in [2.75, 3.05) is 7.05 Å². The van der Waals surface area contributed by atoms with E-state index in [2.05, 4.69) is 5.32 Å². The molecule has 1 saturated carbocycles. The van der Waals surface area contributed by atoms with Gasteiger partial charge in [0.1, 0.15) is 5.82 Å². The molecule has 0 aliphatic heterocycles. The number of nitrogens with one attached hydrogen (secondary N) is 1. The van der Waals surface area contributed by atoms with Gasteiger partial charge in [-0.2, -0.15) is 0 Å². The first kappa shape index (κ1) is 15.3. The minimum Gasteiger partial charge on any atom is -0.481 e. The first-order chi connectivity index (χ1) is 9.97. The fourth-order valence-electron chi connectivity index (χ4n) is 2.68. The maximum absolute atomic E-state index is 13.1. The Morgan fingerprint density at radius 3 is 2.86 bits per heavy atom. The van der Waals surface area contributed by atoms with Crippen molar-refractivity contribution in [2.45, 2.75) is 31.8 Å². The van der Waals surface area contributed by atoms with Crippen LogP contribution in [-0.2, 0) is 11.3 Å². The van der Waals surface area contributed by atoms with Gasteiger partial charge in [-0.1, -0.05) is 18.6 Å². The Morgan fingerprint density at radius 2 is 2.19 bits per heavy atom. The molecule has 5 nitrogen and oxygen atoms in total. The molecular formula is C15H19FN2O3. The summed E-state index contributed by atoms with van der Waals surface area (Å²) in [5, 5.41) is 11.9. The fraction of sp³-hybridized carbons (Fsp3) is 0.467. The van der Waals surface area contributed by atoms with Gasteiger partial charge in [0.2, 0.25) is 0 Å². The van der Waals surface area contributed by atoms with Crippen LogP contribution < -0.4 is 5.32 Å². The zero-order valence-corrected chi connectivity index (χ0v) is 11.9. The molecule has 6 heteroatoms. The highest BCUT2D eigenvalue weighted by Gasteiger charge is 2.34. The Bertz CT molecular complexity index is 535. The van der Waals surface area contributed by atoms with Crippen LogP contribution in [0.2, 0.25) is 0 Å². The molecule has 2 atom stereocenters. The predicted octanol–water partition coefficient (Wildman–Crippen LogP) is 2.22. The molecule has 0 spiro atoms. The van der Waals surface area contributed by atoms with Crippen LogP contribution >= 0.6 is 0 Å². The fourth-order valence-corrected chi connectivity index (χ4v) is 2.68. The molecule has 0 heterocycles. The van der Waals surface area contributed by atoms with Gasteiger partial charge in [-0.25, -0.2) is 9.18 Å². The molecule has 0 radical (unpaired) electrons. The molecule has 0 bridgehead atoms. The largest absolute Gasteiger partial charge is 0.481 e. The van der Waals surface area contributed by atoms with Gasteiger partial charge in [0.05, 0.1) is 5.92 Å². The number of aliphatic carboxylic acids is 1. The van der Waals surface area contributed by atoms with E-state index >= 15 is 0 Å². The molecule has 2 N–H and O–H groups in total. The van der Waals surface area contributed by atoms with E-state index in [0.29, 0.717) is 18.4 Å². The lowest BCUT2D eigenvalue weighted by Gasteiger charge is -2.23. The Kier molecular flexibility index (Phi) is 4.77. The van der Waals surface area contributed by atoms with Crippen LogP contribution in [0.5, 0.6) is 0 Å². The number of carboxylic acids is 1. The minimum atomic E-state index is -0.870. The number of rotatable bonds is 4. The molecule has 21 heavy (non-hydrogen) atoms. The highest BCUT2D eigenvalue weighted by atomic mass is 19.1. The molecule has 1 aromatic rings. The van der Waals surface area contributed by atoms with E-state index in [1.54, 1.807) is 19.2 Å². The number of hydrogen-bond donors (Lipinski definition) is 2. The summed E-state index contributed by atoms with van der Waals surface area (Å²) < 4.78 is 13.1. The molecule has 1 aliphatic rings. The van der Waals surface area contributed by atoms with Crippen LogP contribution in [0.1, 0.15) is 24.8 Å². The van der Waals surface area contributed by atoms with Crippen molar-refractivity contribution in [3.63, 3.8) is 0 Å². The summed E-state index contributed by atoms with van der Waals surface area (Å²) in [6.07, 6.45) is 2.07. The summed E-state index contributed by atoms with van der Waals surface area (Å²) in [6, 6.07) is 5.39. The summed E-state index contributed by atoms with van der Waals surface area (Å²) in [7, 11) is 1.60. The van der Waals surface area contributed by atoms with Crippen molar-refractivity contribution in [3.05, 3.63) is 35.6 Å². The summed E-state index contributed by atoms with van der Waals surface area (Å²) in [4.78, 5) is 24.6. The molecule has 0 aromatic heterocycles. The lowest BCUT2D eigenvalue weighted by molar-refractivity contribution is -0.142. The summed E-state index contributed by atoms with van der Waals surface area (Å²) in [5.74, 6) is -1.73. The SMILES string of the molecule is CN(Cc1cccc(F)c1)C(=O)NC1CCCC1C(=O)O. The molecule has 0 saturated heterocycles. The van der Waals surface area contributed by atoms with Crippen LogP contribution in [-0.4, -0.2) is 35.1 Å². The summed E-state index contributed by atoms with van der Waals surface area (Å²) in [6.45, 7) is 0.272. The van der Waals surface area contributed by atoms with Crippen LogP contribution in [0.15, 0.2) is 24.3 Å². The maximum Gasteiger partial charge on any atom is 0.317 e. The van der Waals surface area contributed by atoms with Crippen LogP contribution in [0.25, 0.3) is 0 Å². The second-order valence-electron chi connectivity index (χ2n) is 5.42. The smallest absolute Gasteiger partial charge is 0.317 e. The van der Waals surface area contributed by atoms with E-state index in [0.717, 1.165) is 6.42 Å². The van der Waals surface area contributed by atoms with E-state index in [-0.39, 0.29) is 24.4 Å². The molecule has 1 aliphatic carbocycles. The van der Waals surface area contributed by atoms with Gasteiger partial charge >= 0.3 is 12.0 Å². The van der Waals surface area contributed by atoms with Crippen molar-refractivity contribution in [1.82, 2.24) is 10.2 Å². The second-order valence-corrected chi connectivity index (χ2v) is 5.42. The topological polar surface area (TPSA) is 69.6 Å². The average Bonchev–Trinajstić information content (AvgIpc) is 2.87. The highest BCUT2D eigenvalue weighted by molar-refractivity contribution is 5.77. The van der Waals surface area contributed by atoms with Crippen LogP contribution in [0.4, 0.5) is 9.18 Å². The summed E-state index contributed by atoms with van der Waals surface area (Å²) in [5.41, 5.74) is 0.689. The number of carbonyl (C=O) groups is 2. The maximum atomic E-state index is 13.1. The Hall–Kier alpha value is -2.11. The van der Waals surface area contributed by atoms with Crippen LogP contribution in [0.3, 0.4) is 0 Å². The average molecular weight is 294 g/mol. The molecular weight excluding hydrogens is 275 g/mol. The number of halogens is 1. The molecule has 114 valence electrons. The van der Waals surface area contributed by atoms with E-state index < -0.39 is 11.9 Å². The van der Waals surface area contributed by atoms with Crippen molar-refractivity contribution >= 4 is 12.0 Å². The number of nitrogens with zero attached hydrogens (tertiary/aromatic N) is 1. The van der Waals surface area contributed by atoms with Gasteiger partial charge in [0.25, 0.3) is 0 Å². The monoisotopic (exact) mass is 294 g/mol. The Balaban J connectivity index is 1.92. The highest BCUT2D eigenvalue weighted by Crippen LogP contribution is 2.26. The number of hydrogen-bond acceptors (Lipinski definition) is 2. The third-order valence-electron chi connectivity index (χ3n) is 3.80. The molecule has 2 unspecified atom stereocenters. The van der Waals surface area contributed by atoms with Gasteiger partial charge in [-0.3, -0.25) is 4.79 Å². The molecule has 2 rings (SSSR count). The van der Waals surface area contributed by atoms with E-state index in [9.17, 15) is 14.0 Å². The van der Waals surface area contributed by atoms with E-state index in [1.807, 2.05) is 0 Å². The number of amides is 2. The Labute approximate surface area is 122 Å². The number of urea groups is 1. The van der Waals surface area contributed by atoms with Crippen molar-refractivity contribution < 1.29 is 19.1 Å². The van der Waals surface area contributed by atoms with Gasteiger partial charge in [-0.15, -0.1) is 0 Å².